The van der Waals surface area contributed by atoms with E-state index in [0.29, 0.717) is 18.1 Å². The maximum Gasteiger partial charge on any atom is 0.251 e. The zero-order valence-electron chi connectivity index (χ0n) is 11.6. The van der Waals surface area contributed by atoms with E-state index in [1.807, 2.05) is 19.1 Å². The van der Waals surface area contributed by atoms with Gasteiger partial charge in [0.25, 0.3) is 5.91 Å². The minimum atomic E-state index is -0.0102. The van der Waals surface area contributed by atoms with Gasteiger partial charge in [0, 0.05) is 18.2 Å². The smallest absolute Gasteiger partial charge is 0.251 e. The predicted octanol–water partition coefficient (Wildman–Crippen LogP) is 1.81. The Morgan fingerprint density at radius 3 is 2.74 bits per heavy atom. The molecule has 1 aromatic rings. The van der Waals surface area contributed by atoms with E-state index in [-0.39, 0.29) is 11.9 Å². The van der Waals surface area contributed by atoms with Gasteiger partial charge in [-0.15, -0.1) is 0 Å². The lowest BCUT2D eigenvalue weighted by Crippen LogP contribution is -2.48. The average molecular weight is 262 g/mol. The second-order valence-electron chi connectivity index (χ2n) is 5.13. The van der Waals surface area contributed by atoms with Crippen LogP contribution in [0.5, 0.6) is 5.75 Å². The summed E-state index contributed by atoms with van der Waals surface area (Å²) in [4.78, 5) is 12.1. The van der Waals surface area contributed by atoms with E-state index in [2.05, 4.69) is 17.6 Å². The number of ether oxygens (including phenoxy) is 1. The first-order valence-electron chi connectivity index (χ1n) is 6.93. The van der Waals surface area contributed by atoms with E-state index in [1.165, 1.54) is 0 Å². The second-order valence-corrected chi connectivity index (χ2v) is 5.13. The van der Waals surface area contributed by atoms with Crippen molar-refractivity contribution in [3.63, 3.8) is 0 Å². The lowest BCUT2D eigenvalue weighted by Gasteiger charge is -2.28. The van der Waals surface area contributed by atoms with Crippen molar-refractivity contribution in [2.75, 3.05) is 19.7 Å². The van der Waals surface area contributed by atoms with E-state index in [9.17, 15) is 4.79 Å². The van der Waals surface area contributed by atoms with Gasteiger partial charge in [0.15, 0.2) is 0 Å². The standard InChI is InChI=1S/C15H22N2O2/c1-3-19-14-6-4-12(5-7-14)15(18)17-13-8-11(2)9-16-10-13/h4-7,11,13,16H,3,8-10H2,1-2H3,(H,17,18). The third kappa shape index (κ3) is 3.96. The molecule has 2 rings (SSSR count). The molecule has 1 aliphatic rings. The molecule has 0 aliphatic carbocycles. The molecule has 0 aromatic heterocycles. The van der Waals surface area contributed by atoms with E-state index in [4.69, 9.17) is 4.74 Å². The van der Waals surface area contributed by atoms with Crippen LogP contribution in [0, 0.1) is 5.92 Å². The molecule has 0 radical (unpaired) electrons. The summed E-state index contributed by atoms with van der Waals surface area (Å²) < 4.78 is 5.36. The number of amides is 1. The van der Waals surface area contributed by atoms with Gasteiger partial charge < -0.3 is 15.4 Å². The molecule has 1 fully saturated rings. The lowest BCUT2D eigenvalue weighted by atomic mass is 9.97. The summed E-state index contributed by atoms with van der Waals surface area (Å²) in [5.74, 6) is 1.40. The molecule has 1 amide bonds. The van der Waals surface area contributed by atoms with Crippen LogP contribution in [-0.2, 0) is 0 Å². The highest BCUT2D eigenvalue weighted by Crippen LogP contribution is 2.13. The van der Waals surface area contributed by atoms with Crippen LogP contribution in [0.15, 0.2) is 24.3 Å². The van der Waals surface area contributed by atoms with Crippen molar-refractivity contribution in [1.29, 1.82) is 0 Å². The van der Waals surface area contributed by atoms with E-state index in [1.54, 1.807) is 12.1 Å². The first-order valence-corrected chi connectivity index (χ1v) is 6.93. The number of nitrogens with one attached hydrogen (secondary N) is 2. The molecule has 0 bridgehead atoms. The van der Waals surface area contributed by atoms with Crippen LogP contribution in [0.3, 0.4) is 0 Å². The molecule has 104 valence electrons. The van der Waals surface area contributed by atoms with Crippen molar-refractivity contribution in [1.82, 2.24) is 10.6 Å². The van der Waals surface area contributed by atoms with Crippen molar-refractivity contribution in [3.8, 4) is 5.75 Å². The lowest BCUT2D eigenvalue weighted by molar-refractivity contribution is 0.0925. The number of hydrogen-bond donors (Lipinski definition) is 2. The molecular formula is C15H22N2O2. The Kier molecular flexibility index (Phi) is 4.80. The predicted molar refractivity (Wildman–Crippen MR) is 75.5 cm³/mol. The van der Waals surface area contributed by atoms with Gasteiger partial charge in [-0.1, -0.05) is 6.92 Å². The van der Waals surface area contributed by atoms with Crippen molar-refractivity contribution in [2.24, 2.45) is 5.92 Å². The van der Waals surface area contributed by atoms with Crippen molar-refractivity contribution in [2.45, 2.75) is 26.3 Å². The minimum Gasteiger partial charge on any atom is -0.494 e. The SMILES string of the molecule is CCOc1ccc(C(=O)NC2CNCC(C)C2)cc1. The quantitative estimate of drug-likeness (QED) is 0.870. The average Bonchev–Trinajstić information content (AvgIpc) is 2.40. The maximum absolute atomic E-state index is 12.1. The molecule has 1 aliphatic heterocycles. The maximum atomic E-state index is 12.1. The van der Waals surface area contributed by atoms with Crippen LogP contribution < -0.4 is 15.4 Å². The van der Waals surface area contributed by atoms with Crippen LogP contribution in [0.25, 0.3) is 0 Å². The Balaban J connectivity index is 1.91. The number of rotatable bonds is 4. The zero-order chi connectivity index (χ0) is 13.7. The Morgan fingerprint density at radius 1 is 1.37 bits per heavy atom. The fraction of sp³-hybridized carbons (Fsp3) is 0.533. The molecule has 0 spiro atoms. The van der Waals surface area contributed by atoms with Crippen LogP contribution in [0.1, 0.15) is 30.6 Å². The van der Waals surface area contributed by atoms with Gasteiger partial charge >= 0.3 is 0 Å². The zero-order valence-corrected chi connectivity index (χ0v) is 11.6. The molecule has 4 heteroatoms. The van der Waals surface area contributed by atoms with Crippen molar-refractivity contribution < 1.29 is 9.53 Å². The monoisotopic (exact) mass is 262 g/mol. The summed E-state index contributed by atoms with van der Waals surface area (Å²) in [6.07, 6.45) is 1.04. The van der Waals surface area contributed by atoms with Gasteiger partial charge in [0.1, 0.15) is 5.75 Å². The molecule has 1 saturated heterocycles. The van der Waals surface area contributed by atoms with E-state index >= 15 is 0 Å². The number of benzene rings is 1. The van der Waals surface area contributed by atoms with E-state index < -0.39 is 0 Å². The van der Waals surface area contributed by atoms with Crippen LogP contribution in [0.4, 0.5) is 0 Å². The minimum absolute atomic E-state index is 0.0102. The molecule has 1 aromatic carbocycles. The topological polar surface area (TPSA) is 50.4 Å². The summed E-state index contributed by atoms with van der Waals surface area (Å²) in [6, 6.07) is 7.50. The summed E-state index contributed by atoms with van der Waals surface area (Å²) in [6.45, 7) is 6.67. The molecule has 2 N–H and O–H groups in total. The molecule has 2 atom stereocenters. The number of piperidine rings is 1. The van der Waals surface area contributed by atoms with E-state index in [0.717, 1.165) is 25.3 Å². The van der Waals surface area contributed by atoms with Crippen LogP contribution >= 0.6 is 0 Å². The number of hydrogen-bond acceptors (Lipinski definition) is 3. The van der Waals surface area contributed by atoms with Gasteiger partial charge in [0.05, 0.1) is 6.61 Å². The number of carbonyl (C=O) groups is 1. The molecule has 2 unspecified atom stereocenters. The van der Waals surface area contributed by atoms with Gasteiger partial charge in [-0.2, -0.15) is 0 Å². The van der Waals surface area contributed by atoms with Gasteiger partial charge in [-0.3, -0.25) is 4.79 Å². The van der Waals surface area contributed by atoms with Gasteiger partial charge in [-0.05, 0) is 50.1 Å². The molecule has 4 nitrogen and oxygen atoms in total. The van der Waals surface area contributed by atoms with Crippen molar-refractivity contribution >= 4 is 5.91 Å². The fourth-order valence-electron chi connectivity index (χ4n) is 2.40. The summed E-state index contributed by atoms with van der Waals surface area (Å²) in [7, 11) is 0. The van der Waals surface area contributed by atoms with Crippen molar-refractivity contribution in [3.05, 3.63) is 29.8 Å². The Bertz CT molecular complexity index is 417. The Morgan fingerprint density at radius 2 is 2.11 bits per heavy atom. The normalized spacial score (nSPS) is 22.8. The second kappa shape index (κ2) is 6.57. The molecule has 1 heterocycles. The fourth-order valence-corrected chi connectivity index (χ4v) is 2.40. The van der Waals surface area contributed by atoms with Crippen LogP contribution in [0.2, 0.25) is 0 Å². The highest BCUT2D eigenvalue weighted by atomic mass is 16.5. The number of carbonyl (C=O) groups excluding carboxylic acids is 1. The summed E-state index contributed by atoms with van der Waals surface area (Å²) in [5.41, 5.74) is 0.682. The summed E-state index contributed by atoms with van der Waals surface area (Å²) >= 11 is 0. The Labute approximate surface area is 114 Å². The van der Waals surface area contributed by atoms with Gasteiger partial charge in [-0.25, -0.2) is 0 Å². The molecular weight excluding hydrogens is 240 g/mol. The highest BCUT2D eigenvalue weighted by molar-refractivity contribution is 5.94. The van der Waals surface area contributed by atoms with Crippen LogP contribution in [-0.4, -0.2) is 31.6 Å². The Hall–Kier alpha value is -1.55. The molecule has 19 heavy (non-hydrogen) atoms. The largest absolute Gasteiger partial charge is 0.494 e. The highest BCUT2D eigenvalue weighted by Gasteiger charge is 2.20. The molecule has 0 saturated carbocycles. The summed E-state index contributed by atoms with van der Waals surface area (Å²) in [5, 5.41) is 6.41. The van der Waals surface area contributed by atoms with Gasteiger partial charge in [0.2, 0.25) is 0 Å². The first kappa shape index (κ1) is 13.9. The third-order valence-electron chi connectivity index (χ3n) is 3.33. The first-order chi connectivity index (χ1) is 9.19. The third-order valence-corrected chi connectivity index (χ3v) is 3.33.